The molecule has 0 saturated heterocycles. The molecule has 0 fully saturated rings. The molecule has 0 aliphatic rings. The molecule has 0 atom stereocenters. The molecular weight excluding hydrogens is 268 g/mol. The zero-order chi connectivity index (χ0) is 15.4. The van der Waals surface area contributed by atoms with Crippen LogP contribution >= 0.6 is 11.6 Å². The van der Waals surface area contributed by atoms with Crippen molar-refractivity contribution in [1.29, 1.82) is 0 Å². The van der Waals surface area contributed by atoms with Crippen LogP contribution < -0.4 is 5.73 Å². The van der Waals surface area contributed by atoms with Crippen LogP contribution in [0, 0.1) is 0 Å². The highest BCUT2D eigenvalue weighted by molar-refractivity contribution is 6.28. The molecule has 0 amide bonds. The number of hydrogen-bond donors (Lipinski definition) is 1. The molecule has 1 aromatic rings. The van der Waals surface area contributed by atoms with E-state index >= 15 is 0 Å². The smallest absolute Gasteiger partial charge is 0.115 e. The summed E-state index contributed by atoms with van der Waals surface area (Å²) in [5.41, 5.74) is 10.7. The van der Waals surface area contributed by atoms with E-state index in [1.165, 1.54) is 16.7 Å². The summed E-state index contributed by atoms with van der Waals surface area (Å²) < 4.78 is 0. The molecule has 0 aromatic heterocycles. The molecule has 3 heteroatoms. The molecule has 0 radical (unpaired) electrons. The van der Waals surface area contributed by atoms with Crippen molar-refractivity contribution in [3.05, 3.63) is 28.8 Å². The lowest BCUT2D eigenvalue weighted by molar-refractivity contribution is 0.805. The third kappa shape index (κ3) is 3.99. The lowest BCUT2D eigenvalue weighted by Gasteiger charge is -2.20. The number of rotatable bonds is 5. The van der Waals surface area contributed by atoms with Crippen molar-refractivity contribution in [2.24, 2.45) is 10.7 Å². The first kappa shape index (κ1) is 17.0. The van der Waals surface area contributed by atoms with Crippen molar-refractivity contribution in [1.82, 2.24) is 0 Å². The molecular formula is C17H27ClN2. The summed E-state index contributed by atoms with van der Waals surface area (Å²) >= 11 is 5.79. The molecule has 0 unspecified atom stereocenters. The van der Waals surface area contributed by atoms with Crippen molar-refractivity contribution in [2.45, 2.75) is 59.3 Å². The topological polar surface area (TPSA) is 38.4 Å². The van der Waals surface area contributed by atoms with Crippen LogP contribution in [0.25, 0.3) is 0 Å². The van der Waals surface area contributed by atoms with E-state index < -0.39 is 0 Å². The van der Waals surface area contributed by atoms with Crippen molar-refractivity contribution in [3.8, 4) is 0 Å². The van der Waals surface area contributed by atoms with E-state index in [2.05, 4.69) is 58.7 Å². The fraction of sp³-hybridized carbons (Fsp3) is 0.588. The van der Waals surface area contributed by atoms with E-state index in [0.717, 1.165) is 5.69 Å². The summed E-state index contributed by atoms with van der Waals surface area (Å²) in [4.78, 5) is 4.58. The number of benzene rings is 1. The van der Waals surface area contributed by atoms with E-state index in [1.54, 1.807) is 0 Å². The van der Waals surface area contributed by atoms with Crippen LogP contribution in [0.15, 0.2) is 17.1 Å². The lowest BCUT2D eigenvalue weighted by Crippen LogP contribution is -2.13. The van der Waals surface area contributed by atoms with Crippen molar-refractivity contribution >= 4 is 23.1 Å². The Balaban J connectivity index is 3.59. The van der Waals surface area contributed by atoms with Gasteiger partial charge < -0.3 is 5.73 Å². The number of hydrogen-bond acceptors (Lipinski definition) is 1. The molecule has 1 aromatic carbocycles. The molecule has 112 valence electrons. The van der Waals surface area contributed by atoms with E-state index in [0.29, 0.717) is 23.6 Å². The van der Waals surface area contributed by atoms with Gasteiger partial charge >= 0.3 is 0 Å². The Morgan fingerprint density at radius 2 is 1.45 bits per heavy atom. The number of nitrogens with two attached hydrogens (primary N) is 1. The number of halogens is 1. The van der Waals surface area contributed by atoms with Gasteiger partial charge in [-0.2, -0.15) is 0 Å². The van der Waals surface area contributed by atoms with Gasteiger partial charge in [0.2, 0.25) is 0 Å². The first-order valence-corrected chi connectivity index (χ1v) is 7.88. The van der Waals surface area contributed by atoms with E-state index in [1.807, 2.05) is 0 Å². The average Bonchev–Trinajstić information content (AvgIpc) is 2.37. The van der Waals surface area contributed by atoms with Gasteiger partial charge in [0.1, 0.15) is 5.84 Å². The van der Waals surface area contributed by atoms with Crippen LogP contribution in [0.2, 0.25) is 0 Å². The predicted molar refractivity (Wildman–Crippen MR) is 90.7 cm³/mol. The second-order valence-corrected chi connectivity index (χ2v) is 6.52. The minimum absolute atomic E-state index is 0.265. The minimum Gasteiger partial charge on any atom is -0.386 e. The maximum Gasteiger partial charge on any atom is 0.115 e. The Bertz CT molecular complexity index is 459. The van der Waals surface area contributed by atoms with Crippen LogP contribution in [-0.2, 0) is 0 Å². The van der Waals surface area contributed by atoms with Crippen LogP contribution in [-0.4, -0.2) is 11.7 Å². The summed E-state index contributed by atoms with van der Waals surface area (Å²) in [5.74, 6) is 2.07. The van der Waals surface area contributed by atoms with Gasteiger partial charge in [0.25, 0.3) is 0 Å². The zero-order valence-electron chi connectivity index (χ0n) is 13.5. The number of nitrogens with zero attached hydrogens (tertiary/aromatic N) is 1. The minimum atomic E-state index is 0.265. The van der Waals surface area contributed by atoms with Gasteiger partial charge in [0.15, 0.2) is 0 Å². The highest BCUT2D eigenvalue weighted by atomic mass is 35.5. The van der Waals surface area contributed by atoms with Crippen LogP contribution in [0.1, 0.15) is 76.0 Å². The highest BCUT2D eigenvalue weighted by Crippen LogP contribution is 2.37. The van der Waals surface area contributed by atoms with Crippen molar-refractivity contribution < 1.29 is 0 Å². The van der Waals surface area contributed by atoms with Gasteiger partial charge in [0.05, 0.1) is 11.6 Å². The van der Waals surface area contributed by atoms with Crippen molar-refractivity contribution in [3.63, 3.8) is 0 Å². The van der Waals surface area contributed by atoms with E-state index in [4.69, 9.17) is 17.3 Å². The molecule has 0 bridgehead atoms. The zero-order valence-corrected chi connectivity index (χ0v) is 14.3. The summed E-state index contributed by atoms with van der Waals surface area (Å²) in [6, 6.07) is 4.53. The summed E-state index contributed by atoms with van der Waals surface area (Å²) in [5, 5.41) is 0. The summed E-state index contributed by atoms with van der Waals surface area (Å²) in [7, 11) is 0. The Kier molecular flexibility index (Phi) is 6.07. The van der Waals surface area contributed by atoms with Crippen LogP contribution in [0.5, 0.6) is 0 Å². The second-order valence-electron chi connectivity index (χ2n) is 6.25. The molecule has 2 N–H and O–H groups in total. The molecule has 0 aliphatic heterocycles. The highest BCUT2D eigenvalue weighted by Gasteiger charge is 2.17. The van der Waals surface area contributed by atoms with Crippen molar-refractivity contribution in [2.75, 3.05) is 5.88 Å². The SMILES string of the molecule is CC(C)c1cc(C(C)C)c(N=C(N)CCl)c(C(C)C)c1. The molecule has 2 nitrogen and oxygen atoms in total. The van der Waals surface area contributed by atoms with Crippen LogP contribution in [0.4, 0.5) is 5.69 Å². The maximum atomic E-state index is 5.86. The average molecular weight is 295 g/mol. The first-order valence-electron chi connectivity index (χ1n) is 7.34. The Morgan fingerprint density at radius 1 is 1.00 bits per heavy atom. The third-order valence-electron chi connectivity index (χ3n) is 3.49. The third-order valence-corrected chi connectivity index (χ3v) is 3.77. The van der Waals surface area contributed by atoms with Gasteiger partial charge in [0, 0.05) is 0 Å². The van der Waals surface area contributed by atoms with E-state index in [-0.39, 0.29) is 5.88 Å². The monoisotopic (exact) mass is 294 g/mol. The normalized spacial score (nSPS) is 12.8. The summed E-state index contributed by atoms with van der Waals surface area (Å²) in [6.45, 7) is 13.2. The Hall–Kier alpha value is -1.02. The van der Waals surface area contributed by atoms with Gasteiger partial charge in [-0.25, -0.2) is 4.99 Å². The predicted octanol–water partition coefficient (Wildman–Crippen LogP) is 5.28. The molecule has 20 heavy (non-hydrogen) atoms. The van der Waals surface area contributed by atoms with Crippen LogP contribution in [0.3, 0.4) is 0 Å². The maximum absolute atomic E-state index is 5.86. The summed E-state index contributed by atoms with van der Waals surface area (Å²) in [6.07, 6.45) is 0. The lowest BCUT2D eigenvalue weighted by atomic mass is 9.87. The van der Waals surface area contributed by atoms with Gasteiger partial charge in [-0.05, 0) is 34.4 Å². The Labute approximate surface area is 128 Å². The Morgan fingerprint density at radius 3 is 1.75 bits per heavy atom. The standard InChI is InChI=1S/C17H27ClN2/c1-10(2)13-7-14(11(3)4)17(20-16(19)9-18)15(8-13)12(5)6/h7-8,10-12H,9H2,1-6H3,(H2,19,20). The number of aliphatic imine (C=N–C) groups is 1. The fourth-order valence-electron chi connectivity index (χ4n) is 2.22. The molecule has 0 aliphatic carbocycles. The van der Waals surface area contributed by atoms with E-state index in [9.17, 15) is 0 Å². The molecule has 0 heterocycles. The van der Waals surface area contributed by atoms with Gasteiger partial charge in [-0.3, -0.25) is 0 Å². The fourth-order valence-corrected chi connectivity index (χ4v) is 2.28. The van der Waals surface area contributed by atoms with Gasteiger partial charge in [-0.1, -0.05) is 53.7 Å². The molecule has 1 rings (SSSR count). The molecule has 0 saturated carbocycles. The number of amidine groups is 1. The first-order chi connectivity index (χ1) is 9.27. The van der Waals surface area contributed by atoms with Gasteiger partial charge in [-0.15, -0.1) is 11.6 Å². The quantitative estimate of drug-likeness (QED) is 0.447. The second kappa shape index (κ2) is 7.12. The number of alkyl halides is 1. The largest absolute Gasteiger partial charge is 0.386 e. The molecule has 0 spiro atoms.